The van der Waals surface area contributed by atoms with Crippen LogP contribution in [0.3, 0.4) is 0 Å². The van der Waals surface area contributed by atoms with E-state index in [1.165, 1.54) is 10.4 Å². The molecule has 0 spiro atoms. The second-order valence-corrected chi connectivity index (χ2v) is 8.21. The highest BCUT2D eigenvalue weighted by atomic mass is 32.2. The van der Waals surface area contributed by atoms with E-state index >= 15 is 0 Å². The predicted molar refractivity (Wildman–Crippen MR) is 113 cm³/mol. The maximum absolute atomic E-state index is 12.7. The number of nitrogens with one attached hydrogen (secondary N) is 1. The minimum atomic E-state index is -0.0401. The van der Waals surface area contributed by atoms with E-state index < -0.39 is 0 Å². The molecule has 0 atom stereocenters. The summed E-state index contributed by atoms with van der Waals surface area (Å²) in [6, 6.07) is 5.73. The van der Waals surface area contributed by atoms with E-state index in [9.17, 15) is 4.79 Å². The highest BCUT2D eigenvalue weighted by Gasteiger charge is 2.21. The van der Waals surface area contributed by atoms with Gasteiger partial charge in [0.15, 0.2) is 11.5 Å². The van der Waals surface area contributed by atoms with Gasteiger partial charge in [0, 0.05) is 4.88 Å². The van der Waals surface area contributed by atoms with Gasteiger partial charge in [-0.25, -0.2) is 4.98 Å². The SMILES string of the molecule is COc1ccc(/C=C(\SC)c2nc3sc4c(c3c(=O)[nH]2)CCC4)cc1OC. The Hall–Kier alpha value is -2.25. The number of aryl methyl sites for hydroxylation is 2. The molecule has 0 saturated heterocycles. The van der Waals surface area contributed by atoms with Crippen molar-refractivity contribution in [2.45, 2.75) is 19.3 Å². The normalized spacial score (nSPS) is 13.8. The number of H-pyrrole nitrogens is 1. The number of rotatable bonds is 5. The first-order chi connectivity index (χ1) is 13.1. The van der Waals surface area contributed by atoms with Crippen molar-refractivity contribution < 1.29 is 9.47 Å². The number of fused-ring (bicyclic) bond motifs is 3. The van der Waals surface area contributed by atoms with Crippen molar-refractivity contribution in [3.63, 3.8) is 0 Å². The zero-order valence-corrected chi connectivity index (χ0v) is 17.1. The second-order valence-electron chi connectivity index (χ2n) is 6.28. The fraction of sp³-hybridized carbons (Fsp3) is 0.300. The van der Waals surface area contributed by atoms with Crippen LogP contribution in [0.5, 0.6) is 11.5 Å². The summed E-state index contributed by atoms with van der Waals surface area (Å²) in [7, 11) is 3.23. The molecule has 5 nitrogen and oxygen atoms in total. The lowest BCUT2D eigenvalue weighted by Crippen LogP contribution is -2.11. The van der Waals surface area contributed by atoms with Gasteiger partial charge >= 0.3 is 0 Å². The third-order valence-corrected chi connectivity index (χ3v) is 6.67. The highest BCUT2D eigenvalue weighted by Crippen LogP contribution is 2.36. The standard InChI is InChI=1S/C20H20N2O3S2/c1-24-13-8-7-11(9-14(13)25-2)10-16(26-3)18-21-19(23)17-12-5-4-6-15(12)27-20(17)22-18/h7-10H,4-6H2,1-3H3,(H,21,22,23)/b16-10-. The molecule has 1 aromatic carbocycles. The van der Waals surface area contributed by atoms with E-state index in [0.717, 1.165) is 39.9 Å². The summed E-state index contributed by atoms with van der Waals surface area (Å²) in [6.07, 6.45) is 7.15. The lowest BCUT2D eigenvalue weighted by Gasteiger charge is -2.09. The van der Waals surface area contributed by atoms with Gasteiger partial charge in [0.2, 0.25) is 0 Å². The molecule has 27 heavy (non-hydrogen) atoms. The van der Waals surface area contributed by atoms with Crippen LogP contribution in [0.2, 0.25) is 0 Å². The molecule has 0 amide bonds. The van der Waals surface area contributed by atoms with Gasteiger partial charge in [-0.2, -0.15) is 0 Å². The van der Waals surface area contributed by atoms with Gasteiger partial charge in [-0.3, -0.25) is 4.79 Å². The van der Waals surface area contributed by atoms with Crippen molar-refractivity contribution >= 4 is 44.3 Å². The van der Waals surface area contributed by atoms with Gasteiger partial charge in [0.05, 0.1) is 24.5 Å². The molecule has 0 bridgehead atoms. The van der Waals surface area contributed by atoms with Crippen LogP contribution in [0.15, 0.2) is 23.0 Å². The minimum absolute atomic E-state index is 0.0401. The fourth-order valence-electron chi connectivity index (χ4n) is 3.44. The summed E-state index contributed by atoms with van der Waals surface area (Å²) >= 11 is 3.21. The number of benzene rings is 1. The van der Waals surface area contributed by atoms with Gasteiger partial charge in [-0.1, -0.05) is 6.07 Å². The lowest BCUT2D eigenvalue weighted by atomic mass is 10.2. The van der Waals surface area contributed by atoms with Crippen LogP contribution in [0.25, 0.3) is 21.2 Å². The molecule has 1 aliphatic carbocycles. The van der Waals surface area contributed by atoms with Crippen LogP contribution < -0.4 is 15.0 Å². The molecule has 3 aromatic rings. The Bertz CT molecular complexity index is 1100. The summed E-state index contributed by atoms with van der Waals surface area (Å²) in [5.41, 5.74) is 2.11. The van der Waals surface area contributed by atoms with Crippen molar-refractivity contribution in [2.24, 2.45) is 0 Å². The number of ether oxygens (including phenoxy) is 2. The summed E-state index contributed by atoms with van der Waals surface area (Å²) in [4.78, 5) is 23.5. The number of hydrogen-bond donors (Lipinski definition) is 1. The van der Waals surface area contributed by atoms with E-state index in [-0.39, 0.29) is 5.56 Å². The Balaban J connectivity index is 1.79. The highest BCUT2D eigenvalue weighted by molar-refractivity contribution is 8.07. The number of aromatic amines is 1. The molecule has 2 heterocycles. The molecule has 0 unspecified atom stereocenters. The molecule has 4 rings (SSSR count). The Morgan fingerprint density at radius 1 is 1.26 bits per heavy atom. The molecule has 7 heteroatoms. The molecule has 1 aliphatic rings. The summed E-state index contributed by atoms with van der Waals surface area (Å²) < 4.78 is 10.7. The second kappa shape index (κ2) is 7.40. The maximum atomic E-state index is 12.7. The molecule has 2 aromatic heterocycles. The molecular formula is C20H20N2O3S2. The number of thioether (sulfide) groups is 1. The van der Waals surface area contributed by atoms with Crippen LogP contribution in [-0.4, -0.2) is 30.4 Å². The number of methoxy groups -OCH3 is 2. The van der Waals surface area contributed by atoms with E-state index in [1.54, 1.807) is 37.3 Å². The summed E-state index contributed by atoms with van der Waals surface area (Å²) in [5.74, 6) is 1.95. The summed E-state index contributed by atoms with van der Waals surface area (Å²) in [6.45, 7) is 0. The third-order valence-electron chi connectivity index (χ3n) is 4.73. The molecule has 0 aliphatic heterocycles. The Labute approximate surface area is 165 Å². The zero-order valence-electron chi connectivity index (χ0n) is 15.4. The quantitative estimate of drug-likeness (QED) is 0.690. The topological polar surface area (TPSA) is 64.2 Å². The predicted octanol–water partition coefficient (Wildman–Crippen LogP) is 4.35. The largest absolute Gasteiger partial charge is 0.493 e. The lowest BCUT2D eigenvalue weighted by molar-refractivity contribution is 0.355. The first-order valence-corrected chi connectivity index (χ1v) is 10.7. The van der Waals surface area contributed by atoms with Crippen LogP contribution in [-0.2, 0) is 12.8 Å². The van der Waals surface area contributed by atoms with Crippen LogP contribution in [0.4, 0.5) is 0 Å². The van der Waals surface area contributed by atoms with Gasteiger partial charge in [-0.15, -0.1) is 23.1 Å². The average molecular weight is 401 g/mol. The Morgan fingerprint density at radius 3 is 2.81 bits per heavy atom. The van der Waals surface area contributed by atoms with E-state index in [2.05, 4.69) is 4.98 Å². The molecular weight excluding hydrogens is 380 g/mol. The molecule has 1 N–H and O–H groups in total. The Morgan fingerprint density at radius 2 is 2.07 bits per heavy atom. The third kappa shape index (κ3) is 3.26. The van der Waals surface area contributed by atoms with Crippen molar-refractivity contribution in [1.82, 2.24) is 9.97 Å². The van der Waals surface area contributed by atoms with E-state index in [0.29, 0.717) is 17.3 Å². The summed E-state index contributed by atoms with van der Waals surface area (Å²) in [5, 5.41) is 0.780. The van der Waals surface area contributed by atoms with Crippen LogP contribution in [0, 0.1) is 0 Å². The first kappa shape index (κ1) is 18.1. The van der Waals surface area contributed by atoms with E-state index in [4.69, 9.17) is 14.5 Å². The molecule has 0 saturated carbocycles. The molecule has 140 valence electrons. The fourth-order valence-corrected chi connectivity index (χ4v) is 5.24. The van der Waals surface area contributed by atoms with Crippen molar-refractivity contribution in [2.75, 3.05) is 20.5 Å². The van der Waals surface area contributed by atoms with Gasteiger partial charge in [0.25, 0.3) is 5.56 Å². The van der Waals surface area contributed by atoms with Crippen molar-refractivity contribution in [3.8, 4) is 11.5 Å². The molecule has 0 fully saturated rings. The van der Waals surface area contributed by atoms with E-state index in [1.807, 2.05) is 30.5 Å². The first-order valence-electron chi connectivity index (χ1n) is 8.67. The van der Waals surface area contributed by atoms with Gasteiger partial charge < -0.3 is 14.5 Å². The van der Waals surface area contributed by atoms with Gasteiger partial charge in [0.1, 0.15) is 10.7 Å². The Kier molecular flexibility index (Phi) is 4.97. The number of nitrogens with zero attached hydrogens (tertiary/aromatic N) is 1. The van der Waals surface area contributed by atoms with Crippen LogP contribution >= 0.6 is 23.1 Å². The maximum Gasteiger partial charge on any atom is 0.260 e. The number of thiophene rings is 1. The minimum Gasteiger partial charge on any atom is -0.493 e. The zero-order chi connectivity index (χ0) is 19.0. The van der Waals surface area contributed by atoms with Crippen molar-refractivity contribution in [1.29, 1.82) is 0 Å². The van der Waals surface area contributed by atoms with Crippen molar-refractivity contribution in [3.05, 3.63) is 50.4 Å². The van der Waals surface area contributed by atoms with Crippen LogP contribution in [0.1, 0.15) is 28.2 Å². The van der Waals surface area contributed by atoms with Gasteiger partial charge in [-0.05, 0) is 54.9 Å². The monoisotopic (exact) mass is 400 g/mol. The number of hydrogen-bond acceptors (Lipinski definition) is 6. The molecule has 0 radical (unpaired) electrons. The average Bonchev–Trinajstić information content (AvgIpc) is 3.26. The number of aromatic nitrogens is 2. The smallest absolute Gasteiger partial charge is 0.260 e.